The van der Waals surface area contributed by atoms with Gasteiger partial charge in [0.2, 0.25) is 0 Å². The monoisotopic (exact) mass is 177 g/mol. The van der Waals surface area contributed by atoms with Crippen molar-refractivity contribution < 1.29 is 0 Å². The van der Waals surface area contributed by atoms with E-state index in [9.17, 15) is 0 Å². The molecule has 2 N–H and O–H groups in total. The van der Waals surface area contributed by atoms with E-state index in [0.29, 0.717) is 5.82 Å². The van der Waals surface area contributed by atoms with Crippen LogP contribution in [-0.2, 0) is 0 Å². The summed E-state index contributed by atoms with van der Waals surface area (Å²) < 4.78 is 1.83. The molecule has 3 heteroatoms. The maximum absolute atomic E-state index is 5.57. The van der Waals surface area contributed by atoms with Crippen molar-refractivity contribution in [3.05, 3.63) is 30.0 Å². The topological polar surface area (TPSA) is 43.8 Å². The highest BCUT2D eigenvalue weighted by Gasteiger charge is 2.00. The van der Waals surface area contributed by atoms with Crippen LogP contribution in [0.25, 0.3) is 5.70 Å². The number of rotatable bonds is 2. The van der Waals surface area contributed by atoms with E-state index in [2.05, 4.69) is 5.10 Å². The highest BCUT2D eigenvalue weighted by molar-refractivity contribution is 5.48. The number of allylic oxidation sites excluding steroid dienone is 4. The van der Waals surface area contributed by atoms with Crippen molar-refractivity contribution in [1.82, 2.24) is 9.78 Å². The molecule has 0 aliphatic heterocycles. The molecule has 3 nitrogen and oxygen atoms in total. The largest absolute Gasteiger partial charge is 0.382 e. The first kappa shape index (κ1) is 9.58. The van der Waals surface area contributed by atoms with Crippen molar-refractivity contribution in [2.24, 2.45) is 0 Å². The minimum atomic E-state index is 0.561. The first-order chi connectivity index (χ1) is 6.15. The second-order valence-electron chi connectivity index (χ2n) is 2.96. The summed E-state index contributed by atoms with van der Waals surface area (Å²) >= 11 is 0. The van der Waals surface area contributed by atoms with Gasteiger partial charge in [-0.3, -0.25) is 0 Å². The lowest BCUT2D eigenvalue weighted by atomic mass is 10.4. The van der Waals surface area contributed by atoms with E-state index >= 15 is 0 Å². The SMILES string of the molecule is C/C=C\C=C(/C)n1nc(N)cc1C. The highest BCUT2D eigenvalue weighted by Crippen LogP contribution is 2.10. The van der Waals surface area contributed by atoms with Crippen molar-refractivity contribution in [3.8, 4) is 0 Å². The van der Waals surface area contributed by atoms with Crippen LogP contribution < -0.4 is 5.73 Å². The van der Waals surface area contributed by atoms with Gasteiger partial charge in [0, 0.05) is 17.5 Å². The average Bonchev–Trinajstić information content (AvgIpc) is 2.41. The standard InChI is InChI=1S/C10H15N3/c1-4-5-6-8(2)13-9(3)7-10(11)12-13/h4-7H,1-3H3,(H2,11,12)/b5-4-,8-6+. The van der Waals surface area contributed by atoms with Gasteiger partial charge >= 0.3 is 0 Å². The fraction of sp³-hybridized carbons (Fsp3) is 0.300. The lowest BCUT2D eigenvalue weighted by Gasteiger charge is -2.01. The normalized spacial score (nSPS) is 12.7. The maximum atomic E-state index is 5.57. The Hall–Kier alpha value is -1.51. The molecule has 0 radical (unpaired) electrons. The zero-order valence-corrected chi connectivity index (χ0v) is 8.28. The van der Waals surface area contributed by atoms with Gasteiger partial charge in [0.1, 0.15) is 5.82 Å². The van der Waals surface area contributed by atoms with Crippen molar-refractivity contribution in [1.29, 1.82) is 0 Å². The summed E-state index contributed by atoms with van der Waals surface area (Å²) in [6.07, 6.45) is 5.96. The van der Waals surface area contributed by atoms with Crippen LogP contribution in [0.3, 0.4) is 0 Å². The molecule has 1 aromatic rings. The molecule has 0 amide bonds. The van der Waals surface area contributed by atoms with E-state index in [0.717, 1.165) is 11.4 Å². The van der Waals surface area contributed by atoms with Crippen LogP contribution in [0.15, 0.2) is 24.3 Å². The third-order valence-electron chi connectivity index (χ3n) is 1.77. The zero-order valence-electron chi connectivity index (χ0n) is 8.28. The van der Waals surface area contributed by atoms with Crippen LogP contribution in [0.1, 0.15) is 19.5 Å². The molecule has 0 saturated carbocycles. The molecule has 0 aliphatic rings. The third kappa shape index (κ3) is 2.21. The van der Waals surface area contributed by atoms with Gasteiger partial charge in [-0.25, -0.2) is 4.68 Å². The number of hydrogen-bond donors (Lipinski definition) is 1. The van der Waals surface area contributed by atoms with Crippen LogP contribution in [-0.4, -0.2) is 9.78 Å². The van der Waals surface area contributed by atoms with Crippen molar-refractivity contribution >= 4 is 11.5 Å². The summed E-state index contributed by atoms with van der Waals surface area (Å²) in [6, 6.07) is 1.85. The van der Waals surface area contributed by atoms with E-state index in [4.69, 9.17) is 5.73 Å². The van der Waals surface area contributed by atoms with E-state index in [1.165, 1.54) is 0 Å². The van der Waals surface area contributed by atoms with Gasteiger partial charge in [-0.05, 0) is 26.8 Å². The summed E-state index contributed by atoms with van der Waals surface area (Å²) in [6.45, 7) is 5.96. The number of nitrogen functional groups attached to an aromatic ring is 1. The molecule has 0 spiro atoms. The van der Waals surface area contributed by atoms with Gasteiger partial charge in [0.05, 0.1) is 0 Å². The Balaban J connectivity index is 3.00. The Morgan fingerprint density at radius 3 is 2.77 bits per heavy atom. The molecule has 0 bridgehead atoms. The van der Waals surface area contributed by atoms with E-state index in [1.807, 2.05) is 49.7 Å². The third-order valence-corrected chi connectivity index (χ3v) is 1.77. The van der Waals surface area contributed by atoms with E-state index in [1.54, 1.807) is 0 Å². The van der Waals surface area contributed by atoms with Gasteiger partial charge < -0.3 is 5.73 Å². The maximum Gasteiger partial charge on any atom is 0.146 e. The lowest BCUT2D eigenvalue weighted by Crippen LogP contribution is -1.98. The van der Waals surface area contributed by atoms with Gasteiger partial charge in [-0.1, -0.05) is 12.2 Å². The molecule has 1 heterocycles. The van der Waals surface area contributed by atoms with Crippen LogP contribution in [0.2, 0.25) is 0 Å². The second kappa shape index (κ2) is 3.94. The van der Waals surface area contributed by atoms with Gasteiger partial charge in [0.15, 0.2) is 0 Å². The Bertz CT molecular complexity index is 345. The first-order valence-corrected chi connectivity index (χ1v) is 4.27. The van der Waals surface area contributed by atoms with Crippen LogP contribution in [0.4, 0.5) is 5.82 Å². The number of hydrogen-bond acceptors (Lipinski definition) is 2. The fourth-order valence-electron chi connectivity index (χ4n) is 1.16. The minimum absolute atomic E-state index is 0.561. The Morgan fingerprint density at radius 2 is 2.31 bits per heavy atom. The lowest BCUT2D eigenvalue weighted by molar-refractivity contribution is 0.866. The fourth-order valence-corrected chi connectivity index (χ4v) is 1.16. The zero-order chi connectivity index (χ0) is 9.84. The summed E-state index contributed by atoms with van der Waals surface area (Å²) in [5.41, 5.74) is 7.68. The van der Waals surface area contributed by atoms with Gasteiger partial charge in [-0.15, -0.1) is 0 Å². The molecule has 0 unspecified atom stereocenters. The molecule has 0 atom stereocenters. The molecule has 1 aromatic heterocycles. The van der Waals surface area contributed by atoms with E-state index in [-0.39, 0.29) is 0 Å². The summed E-state index contributed by atoms with van der Waals surface area (Å²) in [5.74, 6) is 0.561. The number of anilines is 1. The number of nitrogens with two attached hydrogens (primary N) is 1. The summed E-state index contributed by atoms with van der Waals surface area (Å²) in [7, 11) is 0. The molecule has 0 aliphatic carbocycles. The molecular formula is C10H15N3. The first-order valence-electron chi connectivity index (χ1n) is 4.27. The van der Waals surface area contributed by atoms with E-state index < -0.39 is 0 Å². The molecule has 1 rings (SSSR count). The van der Waals surface area contributed by atoms with Crippen molar-refractivity contribution in [3.63, 3.8) is 0 Å². The molecule has 0 saturated heterocycles. The molecule has 0 aromatic carbocycles. The van der Waals surface area contributed by atoms with Crippen LogP contribution >= 0.6 is 0 Å². The predicted octanol–water partition coefficient (Wildman–Crippen LogP) is 2.21. The Kier molecular flexibility index (Phi) is 2.90. The minimum Gasteiger partial charge on any atom is -0.382 e. The number of aryl methyl sites for hydroxylation is 1. The number of aromatic nitrogens is 2. The Labute approximate surface area is 78.6 Å². The second-order valence-corrected chi connectivity index (χ2v) is 2.96. The van der Waals surface area contributed by atoms with Crippen molar-refractivity contribution in [2.75, 3.05) is 5.73 Å². The van der Waals surface area contributed by atoms with Crippen molar-refractivity contribution in [2.45, 2.75) is 20.8 Å². The molecule has 70 valence electrons. The van der Waals surface area contributed by atoms with Crippen LogP contribution in [0, 0.1) is 6.92 Å². The quantitative estimate of drug-likeness (QED) is 0.704. The smallest absolute Gasteiger partial charge is 0.146 e. The predicted molar refractivity (Wildman–Crippen MR) is 56.1 cm³/mol. The summed E-state index contributed by atoms with van der Waals surface area (Å²) in [5, 5.41) is 4.16. The molecule has 0 fully saturated rings. The van der Waals surface area contributed by atoms with Gasteiger partial charge in [0.25, 0.3) is 0 Å². The molecular weight excluding hydrogens is 162 g/mol. The number of nitrogens with zero attached hydrogens (tertiary/aromatic N) is 2. The highest BCUT2D eigenvalue weighted by atomic mass is 15.3. The summed E-state index contributed by atoms with van der Waals surface area (Å²) in [4.78, 5) is 0. The van der Waals surface area contributed by atoms with Crippen LogP contribution in [0.5, 0.6) is 0 Å². The molecule has 13 heavy (non-hydrogen) atoms. The Morgan fingerprint density at radius 1 is 1.62 bits per heavy atom. The average molecular weight is 177 g/mol. The van der Waals surface area contributed by atoms with Gasteiger partial charge in [-0.2, -0.15) is 5.10 Å².